The van der Waals surface area contributed by atoms with Gasteiger partial charge < -0.3 is 9.80 Å². The molecule has 1 fully saturated rings. The van der Waals surface area contributed by atoms with Gasteiger partial charge in [0.15, 0.2) is 0 Å². The van der Waals surface area contributed by atoms with Crippen LogP contribution in [-0.2, 0) is 6.42 Å². The summed E-state index contributed by atoms with van der Waals surface area (Å²) in [6, 6.07) is 10.8. The van der Waals surface area contributed by atoms with Gasteiger partial charge in [0.05, 0.1) is 0 Å². The Morgan fingerprint density at radius 2 is 1.47 bits per heavy atom. The van der Waals surface area contributed by atoms with Crippen LogP contribution in [-0.4, -0.2) is 49.1 Å². The van der Waals surface area contributed by atoms with Gasteiger partial charge in [-0.15, -0.1) is 0 Å². The Kier molecular flexibility index (Phi) is 5.02. The summed E-state index contributed by atoms with van der Waals surface area (Å²) in [5.74, 6) is 0. The Labute approximate surface area is 105 Å². The van der Waals surface area contributed by atoms with Crippen molar-refractivity contribution in [1.29, 1.82) is 0 Å². The van der Waals surface area contributed by atoms with Crippen LogP contribution in [0.3, 0.4) is 0 Å². The number of piperazine rings is 1. The molecule has 1 saturated heterocycles. The topological polar surface area (TPSA) is 6.48 Å². The Balaban J connectivity index is 1.68. The van der Waals surface area contributed by atoms with Gasteiger partial charge in [-0.2, -0.15) is 0 Å². The SMILES string of the molecule is [CH2]CCN1CCN(CCc2ccccc2)CC1. The van der Waals surface area contributed by atoms with Crippen LogP contribution < -0.4 is 0 Å². The van der Waals surface area contributed by atoms with Gasteiger partial charge in [0.25, 0.3) is 0 Å². The van der Waals surface area contributed by atoms with E-state index in [0.29, 0.717) is 0 Å². The molecule has 1 aliphatic heterocycles. The lowest BCUT2D eigenvalue weighted by atomic mass is 10.1. The van der Waals surface area contributed by atoms with Gasteiger partial charge in [-0.1, -0.05) is 37.3 Å². The predicted molar refractivity (Wildman–Crippen MR) is 73.0 cm³/mol. The maximum Gasteiger partial charge on any atom is 0.0110 e. The fourth-order valence-corrected chi connectivity index (χ4v) is 2.39. The highest BCUT2D eigenvalue weighted by molar-refractivity contribution is 5.14. The Morgan fingerprint density at radius 1 is 0.882 bits per heavy atom. The average Bonchev–Trinajstić information content (AvgIpc) is 2.40. The first kappa shape index (κ1) is 12.6. The Hall–Kier alpha value is -0.860. The maximum absolute atomic E-state index is 3.92. The monoisotopic (exact) mass is 231 g/mol. The van der Waals surface area contributed by atoms with Gasteiger partial charge in [-0.25, -0.2) is 0 Å². The van der Waals surface area contributed by atoms with Gasteiger partial charge >= 0.3 is 0 Å². The van der Waals surface area contributed by atoms with Crippen molar-refractivity contribution >= 4 is 0 Å². The lowest BCUT2D eigenvalue weighted by Crippen LogP contribution is -2.46. The number of nitrogens with zero attached hydrogens (tertiary/aromatic N) is 2. The van der Waals surface area contributed by atoms with E-state index >= 15 is 0 Å². The summed E-state index contributed by atoms with van der Waals surface area (Å²) in [6.07, 6.45) is 2.21. The maximum atomic E-state index is 3.92. The largest absolute Gasteiger partial charge is 0.301 e. The summed E-state index contributed by atoms with van der Waals surface area (Å²) in [7, 11) is 0. The Morgan fingerprint density at radius 3 is 2.06 bits per heavy atom. The van der Waals surface area contributed by atoms with E-state index in [-0.39, 0.29) is 0 Å². The van der Waals surface area contributed by atoms with Gasteiger partial charge in [-0.05, 0) is 24.9 Å². The minimum atomic E-state index is 1.03. The molecule has 0 unspecified atom stereocenters. The molecule has 0 saturated carbocycles. The minimum Gasteiger partial charge on any atom is -0.301 e. The van der Waals surface area contributed by atoms with Crippen LogP contribution in [0, 0.1) is 6.92 Å². The van der Waals surface area contributed by atoms with Crippen molar-refractivity contribution in [1.82, 2.24) is 9.80 Å². The third-order valence-electron chi connectivity index (χ3n) is 3.50. The molecule has 1 aromatic rings. The highest BCUT2D eigenvalue weighted by atomic mass is 15.3. The second-order valence-corrected chi connectivity index (χ2v) is 4.77. The molecular weight excluding hydrogens is 208 g/mol. The van der Waals surface area contributed by atoms with Crippen molar-refractivity contribution in [3.05, 3.63) is 42.8 Å². The molecule has 2 rings (SSSR count). The zero-order valence-corrected chi connectivity index (χ0v) is 10.6. The van der Waals surface area contributed by atoms with Crippen molar-refractivity contribution in [2.45, 2.75) is 12.8 Å². The zero-order valence-electron chi connectivity index (χ0n) is 10.6. The molecule has 1 aliphatic rings. The van der Waals surface area contributed by atoms with Crippen LogP contribution in [0.4, 0.5) is 0 Å². The van der Waals surface area contributed by atoms with E-state index in [1.54, 1.807) is 0 Å². The van der Waals surface area contributed by atoms with Crippen LogP contribution in [0.25, 0.3) is 0 Å². The van der Waals surface area contributed by atoms with E-state index in [9.17, 15) is 0 Å². The van der Waals surface area contributed by atoms with Crippen molar-refractivity contribution in [2.24, 2.45) is 0 Å². The van der Waals surface area contributed by atoms with Crippen LogP contribution >= 0.6 is 0 Å². The third kappa shape index (κ3) is 4.14. The quantitative estimate of drug-likeness (QED) is 0.765. The standard InChI is InChI=1S/C15H23N2/c1-2-9-16-11-13-17(14-12-16)10-8-15-6-4-3-5-7-15/h3-7H,1-2,8-14H2. The van der Waals surface area contributed by atoms with E-state index in [1.807, 2.05) is 0 Å². The van der Waals surface area contributed by atoms with E-state index in [2.05, 4.69) is 47.1 Å². The van der Waals surface area contributed by atoms with Crippen LogP contribution in [0.15, 0.2) is 30.3 Å². The number of hydrogen-bond donors (Lipinski definition) is 0. The molecule has 2 heteroatoms. The molecule has 1 aromatic carbocycles. The van der Waals surface area contributed by atoms with Crippen LogP contribution in [0.2, 0.25) is 0 Å². The second-order valence-electron chi connectivity index (χ2n) is 4.77. The van der Waals surface area contributed by atoms with E-state index < -0.39 is 0 Å². The van der Waals surface area contributed by atoms with E-state index in [1.165, 1.54) is 44.7 Å². The van der Waals surface area contributed by atoms with Crippen molar-refractivity contribution in [2.75, 3.05) is 39.3 Å². The molecule has 0 N–H and O–H groups in total. The first-order valence-corrected chi connectivity index (χ1v) is 6.66. The smallest absolute Gasteiger partial charge is 0.0110 e. The number of hydrogen-bond acceptors (Lipinski definition) is 2. The lowest BCUT2D eigenvalue weighted by Gasteiger charge is -2.34. The van der Waals surface area contributed by atoms with Gasteiger partial charge in [-0.3, -0.25) is 0 Å². The van der Waals surface area contributed by atoms with Gasteiger partial charge in [0.2, 0.25) is 0 Å². The zero-order chi connectivity index (χ0) is 11.9. The fourth-order valence-electron chi connectivity index (χ4n) is 2.39. The molecular formula is C15H23N2. The third-order valence-corrected chi connectivity index (χ3v) is 3.50. The summed E-state index contributed by atoms with van der Waals surface area (Å²) in [5, 5.41) is 0. The molecule has 1 radical (unpaired) electrons. The van der Waals surface area contributed by atoms with Crippen LogP contribution in [0.5, 0.6) is 0 Å². The van der Waals surface area contributed by atoms with Crippen molar-refractivity contribution < 1.29 is 0 Å². The first-order chi connectivity index (χ1) is 8.38. The molecule has 0 aromatic heterocycles. The molecule has 93 valence electrons. The number of benzene rings is 1. The second kappa shape index (κ2) is 6.77. The summed E-state index contributed by atoms with van der Waals surface area (Å²) in [6.45, 7) is 11.1. The lowest BCUT2D eigenvalue weighted by molar-refractivity contribution is 0.135. The van der Waals surface area contributed by atoms with Gasteiger partial charge in [0, 0.05) is 32.7 Å². The molecule has 0 spiro atoms. The normalized spacial score (nSPS) is 18.4. The molecule has 0 atom stereocenters. The van der Waals surface area contributed by atoms with Crippen LogP contribution in [0.1, 0.15) is 12.0 Å². The predicted octanol–water partition coefficient (Wildman–Crippen LogP) is 2.07. The van der Waals surface area contributed by atoms with Crippen molar-refractivity contribution in [3.8, 4) is 0 Å². The van der Waals surface area contributed by atoms with E-state index in [0.717, 1.165) is 13.0 Å². The molecule has 0 bridgehead atoms. The van der Waals surface area contributed by atoms with E-state index in [4.69, 9.17) is 0 Å². The Bertz CT molecular complexity index is 302. The molecule has 0 aliphatic carbocycles. The highest BCUT2D eigenvalue weighted by Crippen LogP contribution is 2.05. The first-order valence-electron chi connectivity index (χ1n) is 6.66. The summed E-state index contributed by atoms with van der Waals surface area (Å²) >= 11 is 0. The van der Waals surface area contributed by atoms with Crippen molar-refractivity contribution in [3.63, 3.8) is 0 Å². The fraction of sp³-hybridized carbons (Fsp3) is 0.533. The molecule has 2 nitrogen and oxygen atoms in total. The highest BCUT2D eigenvalue weighted by Gasteiger charge is 2.15. The summed E-state index contributed by atoms with van der Waals surface area (Å²) < 4.78 is 0. The average molecular weight is 231 g/mol. The molecule has 17 heavy (non-hydrogen) atoms. The minimum absolute atomic E-state index is 1.03. The van der Waals surface area contributed by atoms with Gasteiger partial charge in [0.1, 0.15) is 0 Å². The molecule has 0 amide bonds. The molecule has 1 heterocycles. The number of rotatable bonds is 5. The summed E-state index contributed by atoms with van der Waals surface area (Å²) in [4.78, 5) is 5.10. The summed E-state index contributed by atoms with van der Waals surface area (Å²) in [5.41, 5.74) is 1.45.